The lowest BCUT2D eigenvalue weighted by atomic mass is 9.93. The van der Waals surface area contributed by atoms with Crippen LogP contribution in [0.4, 0.5) is 11.5 Å². The highest BCUT2D eigenvalue weighted by atomic mass is 35.5. The summed E-state index contributed by atoms with van der Waals surface area (Å²) >= 11 is 7.36. The second kappa shape index (κ2) is 14.0. The van der Waals surface area contributed by atoms with Gasteiger partial charge in [0.1, 0.15) is 17.2 Å². The predicted molar refractivity (Wildman–Crippen MR) is 163 cm³/mol. The average Bonchev–Trinajstić information content (AvgIpc) is 2.96. The van der Waals surface area contributed by atoms with Gasteiger partial charge in [0.15, 0.2) is 11.8 Å². The minimum Gasteiger partial charge on any atom is -0.477 e. The maximum atomic E-state index is 13.6. The highest BCUT2D eigenvalue weighted by Crippen LogP contribution is 2.31. The van der Waals surface area contributed by atoms with Crippen LogP contribution >= 0.6 is 23.4 Å². The SMILES string of the molecule is CSc1ccc(C(=O)Nc2cccnc2C(=O)Nc2ccc(Cl)cn2)c(OC(C(=O)OC(C)(C)C)C2CCCNC2)c1. The Morgan fingerprint density at radius 3 is 2.57 bits per heavy atom. The van der Waals surface area contributed by atoms with E-state index in [-0.39, 0.29) is 34.4 Å². The van der Waals surface area contributed by atoms with Gasteiger partial charge in [0.25, 0.3) is 11.8 Å². The number of anilines is 2. The Hall–Kier alpha value is -3.67. The summed E-state index contributed by atoms with van der Waals surface area (Å²) in [6, 6.07) is 11.5. The van der Waals surface area contributed by atoms with Gasteiger partial charge in [-0.3, -0.25) is 9.59 Å². The van der Waals surface area contributed by atoms with Crippen molar-refractivity contribution >= 4 is 52.7 Å². The molecule has 1 fully saturated rings. The number of benzene rings is 1. The molecule has 1 saturated heterocycles. The largest absolute Gasteiger partial charge is 0.477 e. The fourth-order valence-electron chi connectivity index (χ4n) is 4.39. The summed E-state index contributed by atoms with van der Waals surface area (Å²) in [6.45, 7) is 6.86. The van der Waals surface area contributed by atoms with Crippen molar-refractivity contribution in [3.05, 3.63) is 71.1 Å². The van der Waals surface area contributed by atoms with Gasteiger partial charge in [0, 0.05) is 29.8 Å². The number of hydrogen-bond donors (Lipinski definition) is 3. The number of rotatable bonds is 9. The molecule has 3 heterocycles. The molecule has 2 unspecified atom stereocenters. The van der Waals surface area contributed by atoms with Crippen molar-refractivity contribution in [2.45, 2.75) is 50.2 Å². The Labute approximate surface area is 254 Å². The summed E-state index contributed by atoms with van der Waals surface area (Å²) in [7, 11) is 0. The number of hydrogen-bond acceptors (Lipinski definition) is 9. The molecule has 2 aromatic heterocycles. The number of amides is 2. The zero-order valence-electron chi connectivity index (χ0n) is 23.9. The molecule has 2 amide bonds. The lowest BCUT2D eigenvalue weighted by Gasteiger charge is -2.32. The summed E-state index contributed by atoms with van der Waals surface area (Å²) < 4.78 is 12.1. The van der Waals surface area contributed by atoms with Gasteiger partial charge in [-0.05, 0) is 88.9 Å². The number of esters is 1. The molecule has 12 heteroatoms. The standard InChI is InChI=1S/C30H34ClN5O5S/c1-30(2,3)41-29(39)26(18-7-5-13-32-16-18)40-23-15-20(42-4)10-11-21(23)27(37)35-22-8-6-14-33-25(22)28(38)36-24-12-9-19(31)17-34-24/h6,8-12,14-15,17-18,26,32H,5,7,13,16H2,1-4H3,(H,35,37)(H,34,36,38). The number of thioether (sulfide) groups is 1. The van der Waals surface area contributed by atoms with Gasteiger partial charge in [-0.15, -0.1) is 11.8 Å². The second-order valence-corrected chi connectivity index (χ2v) is 12.0. The lowest BCUT2D eigenvalue weighted by Crippen LogP contribution is -2.46. The summed E-state index contributed by atoms with van der Waals surface area (Å²) in [6.07, 6.45) is 5.51. The third-order valence-corrected chi connectivity index (χ3v) is 7.28. The molecule has 3 N–H and O–H groups in total. The molecule has 1 aliphatic rings. The molecule has 42 heavy (non-hydrogen) atoms. The van der Waals surface area contributed by atoms with Gasteiger partial charge in [0.2, 0.25) is 0 Å². The molecule has 0 saturated carbocycles. The molecule has 1 aromatic carbocycles. The van der Waals surface area contributed by atoms with E-state index in [0.717, 1.165) is 24.3 Å². The van der Waals surface area contributed by atoms with Crippen LogP contribution < -0.4 is 20.7 Å². The first-order valence-corrected chi connectivity index (χ1v) is 15.1. The van der Waals surface area contributed by atoms with E-state index < -0.39 is 29.5 Å². The number of pyridine rings is 2. The lowest BCUT2D eigenvalue weighted by molar-refractivity contribution is -0.166. The van der Waals surface area contributed by atoms with Gasteiger partial charge in [-0.1, -0.05) is 11.6 Å². The van der Waals surface area contributed by atoms with Crippen molar-refractivity contribution in [3.63, 3.8) is 0 Å². The molecule has 0 spiro atoms. The van der Waals surface area contributed by atoms with Crippen LogP contribution in [0.15, 0.2) is 59.8 Å². The molecule has 1 aliphatic heterocycles. The molecule has 0 bridgehead atoms. The molecule has 2 atom stereocenters. The van der Waals surface area contributed by atoms with E-state index in [1.165, 1.54) is 24.2 Å². The number of piperidine rings is 1. The maximum Gasteiger partial charge on any atom is 0.348 e. The summed E-state index contributed by atoms with van der Waals surface area (Å²) in [5, 5.41) is 9.18. The van der Waals surface area contributed by atoms with Crippen molar-refractivity contribution in [2.75, 3.05) is 30.0 Å². The van der Waals surface area contributed by atoms with Gasteiger partial charge in [-0.25, -0.2) is 14.8 Å². The van der Waals surface area contributed by atoms with E-state index in [9.17, 15) is 14.4 Å². The zero-order valence-corrected chi connectivity index (χ0v) is 25.5. The van der Waals surface area contributed by atoms with Crippen LogP contribution in [0.2, 0.25) is 5.02 Å². The Kier molecular flexibility index (Phi) is 10.4. The number of halogens is 1. The average molecular weight is 612 g/mol. The van der Waals surface area contributed by atoms with Crippen LogP contribution in [0.25, 0.3) is 0 Å². The summed E-state index contributed by atoms with van der Waals surface area (Å²) in [5.74, 6) is -1.21. The summed E-state index contributed by atoms with van der Waals surface area (Å²) in [4.78, 5) is 49.1. The number of carbonyl (C=O) groups is 3. The first-order chi connectivity index (χ1) is 20.0. The molecule has 0 aliphatic carbocycles. The monoisotopic (exact) mass is 611 g/mol. The molecular formula is C30H34ClN5O5S. The number of nitrogens with one attached hydrogen (secondary N) is 3. The quantitative estimate of drug-likeness (QED) is 0.214. The summed E-state index contributed by atoms with van der Waals surface area (Å²) in [5.41, 5.74) is -0.333. The van der Waals surface area contributed by atoms with Crippen LogP contribution in [-0.4, -0.2) is 58.8 Å². The minimum atomic E-state index is -0.924. The molecule has 4 rings (SSSR count). The van der Waals surface area contributed by atoms with Crippen molar-refractivity contribution in [1.29, 1.82) is 0 Å². The Morgan fingerprint density at radius 1 is 1.10 bits per heavy atom. The van der Waals surface area contributed by atoms with Crippen molar-refractivity contribution in [2.24, 2.45) is 5.92 Å². The van der Waals surface area contributed by atoms with Crippen LogP contribution in [0.3, 0.4) is 0 Å². The van der Waals surface area contributed by atoms with Crippen molar-refractivity contribution < 1.29 is 23.9 Å². The van der Waals surface area contributed by atoms with E-state index in [4.69, 9.17) is 21.1 Å². The Morgan fingerprint density at radius 2 is 1.90 bits per heavy atom. The number of aromatic nitrogens is 2. The minimum absolute atomic E-state index is 0.00860. The van der Waals surface area contributed by atoms with Crippen molar-refractivity contribution in [3.8, 4) is 5.75 Å². The Balaban J connectivity index is 1.61. The zero-order chi connectivity index (χ0) is 30.3. The third-order valence-electron chi connectivity index (χ3n) is 6.33. The molecule has 10 nitrogen and oxygen atoms in total. The number of nitrogens with zero attached hydrogens (tertiary/aromatic N) is 2. The van der Waals surface area contributed by atoms with Gasteiger partial charge in [0.05, 0.1) is 16.3 Å². The fourth-order valence-corrected chi connectivity index (χ4v) is 4.93. The molecule has 3 aromatic rings. The van der Waals surface area contributed by atoms with Crippen LogP contribution in [0.1, 0.15) is 54.5 Å². The topological polar surface area (TPSA) is 132 Å². The first kappa shape index (κ1) is 31.3. The molecular weight excluding hydrogens is 578 g/mol. The van der Waals surface area contributed by atoms with Crippen LogP contribution in [-0.2, 0) is 9.53 Å². The van der Waals surface area contributed by atoms with Crippen molar-refractivity contribution in [1.82, 2.24) is 15.3 Å². The second-order valence-electron chi connectivity index (χ2n) is 10.7. The normalized spacial score (nSPS) is 15.8. The van der Waals surface area contributed by atoms with Gasteiger partial charge >= 0.3 is 5.97 Å². The van der Waals surface area contributed by atoms with Crippen LogP contribution in [0.5, 0.6) is 5.75 Å². The van der Waals surface area contributed by atoms with E-state index in [0.29, 0.717) is 11.6 Å². The predicted octanol–water partition coefficient (Wildman–Crippen LogP) is 5.45. The fraction of sp³-hybridized carbons (Fsp3) is 0.367. The van der Waals surface area contributed by atoms with Gasteiger partial charge in [-0.2, -0.15) is 0 Å². The highest BCUT2D eigenvalue weighted by molar-refractivity contribution is 7.98. The van der Waals surface area contributed by atoms with E-state index >= 15 is 0 Å². The van der Waals surface area contributed by atoms with Crippen LogP contribution in [0, 0.1) is 5.92 Å². The van der Waals surface area contributed by atoms with E-state index in [1.54, 1.807) is 63.2 Å². The third kappa shape index (κ3) is 8.43. The molecule has 0 radical (unpaired) electrons. The van der Waals surface area contributed by atoms with E-state index in [1.807, 2.05) is 6.26 Å². The molecule has 222 valence electrons. The number of carbonyl (C=O) groups excluding carboxylic acids is 3. The number of ether oxygens (including phenoxy) is 2. The van der Waals surface area contributed by atoms with Gasteiger partial charge < -0.3 is 25.4 Å². The van der Waals surface area contributed by atoms with E-state index in [2.05, 4.69) is 25.9 Å². The maximum absolute atomic E-state index is 13.6. The smallest absolute Gasteiger partial charge is 0.348 e. The first-order valence-electron chi connectivity index (χ1n) is 13.5. The highest BCUT2D eigenvalue weighted by Gasteiger charge is 2.36. The Bertz CT molecular complexity index is 1420.